The van der Waals surface area contributed by atoms with Crippen molar-refractivity contribution < 1.29 is 28.7 Å². The summed E-state index contributed by atoms with van der Waals surface area (Å²) in [6, 6.07) is 13.1. The molecule has 2 aromatic rings. The molecule has 0 saturated heterocycles. The lowest BCUT2D eigenvalue weighted by Gasteiger charge is -2.34. The molecule has 3 amide bonds. The van der Waals surface area contributed by atoms with Gasteiger partial charge in [-0.3, -0.25) is 9.59 Å². The molecule has 0 aliphatic heterocycles. The largest absolute Gasteiger partial charge is 0.458 e. The Morgan fingerprint density at radius 2 is 1.43 bits per heavy atom. The third kappa shape index (κ3) is 14.6. The van der Waals surface area contributed by atoms with Gasteiger partial charge in [-0.15, -0.1) is 0 Å². The number of alkyl carbamates (subject to hydrolysis) is 1. The normalized spacial score (nSPS) is 12.9. The summed E-state index contributed by atoms with van der Waals surface area (Å²) in [5.41, 5.74) is 1.85. The highest BCUT2D eigenvalue weighted by atomic mass is 16.6. The first-order chi connectivity index (χ1) is 22.0. The van der Waals surface area contributed by atoms with Gasteiger partial charge in [-0.1, -0.05) is 93.1 Å². The smallest absolute Gasteiger partial charge is 0.408 e. The van der Waals surface area contributed by atoms with E-state index in [4.69, 9.17) is 9.47 Å². The van der Waals surface area contributed by atoms with E-state index in [9.17, 15) is 19.2 Å². The van der Waals surface area contributed by atoms with Crippen LogP contribution in [0.3, 0.4) is 0 Å². The van der Waals surface area contributed by atoms with Gasteiger partial charge in [0.25, 0.3) is 0 Å². The minimum absolute atomic E-state index is 0.215. The molecule has 0 heterocycles. The highest BCUT2D eigenvalue weighted by Gasteiger charge is 2.36. The molecule has 2 N–H and O–H groups in total. The van der Waals surface area contributed by atoms with Crippen LogP contribution in [0.2, 0.25) is 0 Å². The van der Waals surface area contributed by atoms with Crippen LogP contribution in [0.5, 0.6) is 0 Å². The summed E-state index contributed by atoms with van der Waals surface area (Å²) in [5.74, 6) is -1.49. The first-order valence-electron chi connectivity index (χ1n) is 16.9. The molecule has 0 bridgehead atoms. The Morgan fingerprint density at radius 1 is 0.809 bits per heavy atom. The SMILES string of the molecule is CCCCCCCCN(C(=O)CNC(=O)OC(C)(C)C)C(C(=O)NC(Cc1ccccc1)C(=O)OC(C)(C)C)c1ccc(C)cc1C. The Kier molecular flexibility index (Phi) is 15.4. The van der Waals surface area contributed by atoms with Crippen molar-refractivity contribution in [1.29, 1.82) is 0 Å². The van der Waals surface area contributed by atoms with Gasteiger partial charge >= 0.3 is 12.1 Å². The van der Waals surface area contributed by atoms with Gasteiger partial charge in [0, 0.05) is 13.0 Å². The van der Waals surface area contributed by atoms with Gasteiger partial charge in [0.15, 0.2) is 0 Å². The van der Waals surface area contributed by atoms with Crippen molar-refractivity contribution in [3.05, 3.63) is 70.8 Å². The van der Waals surface area contributed by atoms with Crippen molar-refractivity contribution in [2.24, 2.45) is 0 Å². The Labute approximate surface area is 282 Å². The van der Waals surface area contributed by atoms with Crippen LogP contribution in [0.1, 0.15) is 115 Å². The number of benzene rings is 2. The summed E-state index contributed by atoms with van der Waals surface area (Å²) in [6.45, 7) is 16.6. The van der Waals surface area contributed by atoms with Crippen molar-refractivity contribution in [3.8, 4) is 0 Å². The summed E-state index contributed by atoms with van der Waals surface area (Å²) < 4.78 is 11.1. The van der Waals surface area contributed by atoms with Crippen molar-refractivity contribution >= 4 is 23.9 Å². The number of carbonyl (C=O) groups excluding carboxylic acids is 4. The van der Waals surface area contributed by atoms with E-state index in [-0.39, 0.29) is 13.0 Å². The molecule has 0 aromatic heterocycles. The minimum Gasteiger partial charge on any atom is -0.458 e. The van der Waals surface area contributed by atoms with Crippen LogP contribution in [0.15, 0.2) is 48.5 Å². The van der Waals surface area contributed by atoms with Crippen LogP contribution in [0.25, 0.3) is 0 Å². The van der Waals surface area contributed by atoms with E-state index in [0.29, 0.717) is 18.5 Å². The van der Waals surface area contributed by atoms with E-state index >= 15 is 0 Å². The molecule has 0 saturated carbocycles. The fourth-order valence-corrected chi connectivity index (χ4v) is 5.27. The standard InChI is InChI=1S/C38H57N3O6/c1-10-11-12-13-14-18-23-41(32(42)26-39-36(45)47-38(7,8)9)33(30-22-21-27(2)24-28(30)3)34(43)40-31(35(44)46-37(4,5)6)25-29-19-16-15-17-20-29/h15-17,19-22,24,31,33H,10-14,18,23,25-26H2,1-9H3,(H,39,45)(H,40,43). The van der Waals surface area contributed by atoms with Crippen molar-refractivity contribution in [2.75, 3.05) is 13.1 Å². The van der Waals surface area contributed by atoms with Gasteiger partial charge in [0.05, 0.1) is 0 Å². The van der Waals surface area contributed by atoms with Crippen LogP contribution in [-0.4, -0.2) is 59.1 Å². The molecule has 2 unspecified atom stereocenters. The maximum Gasteiger partial charge on any atom is 0.408 e. The van der Waals surface area contributed by atoms with Gasteiger partial charge in [0.1, 0.15) is 29.8 Å². The third-order valence-electron chi connectivity index (χ3n) is 7.43. The van der Waals surface area contributed by atoms with Crippen LogP contribution in [0.4, 0.5) is 4.79 Å². The monoisotopic (exact) mass is 651 g/mol. The quantitative estimate of drug-likeness (QED) is 0.148. The topological polar surface area (TPSA) is 114 Å². The lowest BCUT2D eigenvalue weighted by molar-refractivity contribution is -0.159. The first kappa shape index (κ1) is 39.3. The van der Waals surface area contributed by atoms with Crippen LogP contribution < -0.4 is 10.6 Å². The number of amides is 3. The molecule has 47 heavy (non-hydrogen) atoms. The van der Waals surface area contributed by atoms with E-state index in [1.54, 1.807) is 41.5 Å². The van der Waals surface area contributed by atoms with Gasteiger partial charge in [0.2, 0.25) is 11.8 Å². The number of hydrogen-bond acceptors (Lipinski definition) is 6. The second kappa shape index (κ2) is 18.5. The van der Waals surface area contributed by atoms with Gasteiger partial charge in [-0.2, -0.15) is 0 Å². The van der Waals surface area contributed by atoms with E-state index < -0.39 is 47.2 Å². The Morgan fingerprint density at radius 3 is 2.02 bits per heavy atom. The minimum atomic E-state index is -1.06. The van der Waals surface area contributed by atoms with E-state index in [2.05, 4.69) is 17.6 Å². The van der Waals surface area contributed by atoms with Crippen LogP contribution >= 0.6 is 0 Å². The molecule has 0 fully saturated rings. The molecular weight excluding hydrogens is 594 g/mol. The van der Waals surface area contributed by atoms with Crippen molar-refractivity contribution in [1.82, 2.24) is 15.5 Å². The average molecular weight is 652 g/mol. The predicted molar refractivity (Wildman–Crippen MR) is 186 cm³/mol. The molecule has 9 nitrogen and oxygen atoms in total. The number of ether oxygens (including phenoxy) is 2. The lowest BCUT2D eigenvalue weighted by Crippen LogP contribution is -2.52. The Balaban J connectivity index is 2.51. The fourth-order valence-electron chi connectivity index (χ4n) is 5.27. The number of aryl methyl sites for hydroxylation is 2. The third-order valence-corrected chi connectivity index (χ3v) is 7.43. The van der Waals surface area contributed by atoms with Crippen molar-refractivity contribution in [2.45, 2.75) is 131 Å². The van der Waals surface area contributed by atoms with Crippen LogP contribution in [-0.2, 0) is 30.3 Å². The molecule has 0 aliphatic carbocycles. The van der Waals surface area contributed by atoms with Gasteiger partial charge < -0.3 is 25.0 Å². The predicted octanol–water partition coefficient (Wildman–Crippen LogP) is 7.13. The van der Waals surface area contributed by atoms with E-state index in [1.807, 2.05) is 62.4 Å². The maximum absolute atomic E-state index is 14.5. The number of rotatable bonds is 16. The summed E-state index contributed by atoms with van der Waals surface area (Å²) >= 11 is 0. The number of esters is 1. The van der Waals surface area contributed by atoms with Crippen LogP contribution in [0, 0.1) is 13.8 Å². The number of nitrogens with one attached hydrogen (secondary N) is 2. The average Bonchev–Trinajstić information content (AvgIpc) is 2.96. The molecule has 9 heteroatoms. The fraction of sp³-hybridized carbons (Fsp3) is 0.579. The Hall–Kier alpha value is -3.88. The molecule has 2 rings (SSSR count). The van der Waals surface area contributed by atoms with E-state index in [0.717, 1.165) is 48.8 Å². The first-order valence-corrected chi connectivity index (χ1v) is 16.9. The van der Waals surface area contributed by atoms with E-state index in [1.165, 1.54) is 4.90 Å². The van der Waals surface area contributed by atoms with Gasteiger partial charge in [-0.25, -0.2) is 9.59 Å². The summed E-state index contributed by atoms with van der Waals surface area (Å²) in [7, 11) is 0. The highest BCUT2D eigenvalue weighted by Crippen LogP contribution is 2.27. The molecular formula is C38H57N3O6. The van der Waals surface area contributed by atoms with Crippen molar-refractivity contribution in [3.63, 3.8) is 0 Å². The second-order valence-corrected chi connectivity index (χ2v) is 14.3. The zero-order valence-corrected chi connectivity index (χ0v) is 30.0. The number of carbonyl (C=O) groups is 4. The lowest BCUT2D eigenvalue weighted by atomic mass is 9.96. The number of hydrogen-bond donors (Lipinski definition) is 2. The number of unbranched alkanes of at least 4 members (excludes halogenated alkanes) is 5. The Bertz CT molecular complexity index is 1310. The zero-order valence-electron chi connectivity index (χ0n) is 30.0. The second-order valence-electron chi connectivity index (χ2n) is 14.3. The molecule has 260 valence electrons. The molecule has 0 aliphatic rings. The maximum atomic E-state index is 14.5. The molecule has 2 aromatic carbocycles. The summed E-state index contributed by atoms with van der Waals surface area (Å²) in [5, 5.41) is 5.52. The molecule has 0 radical (unpaired) electrons. The zero-order chi connectivity index (χ0) is 35.2. The summed E-state index contributed by atoms with van der Waals surface area (Å²) in [4.78, 5) is 55.9. The molecule has 0 spiro atoms. The van der Waals surface area contributed by atoms with Gasteiger partial charge in [-0.05, 0) is 78.5 Å². The molecule has 2 atom stereocenters. The summed E-state index contributed by atoms with van der Waals surface area (Å²) in [6.07, 6.45) is 5.45. The highest BCUT2D eigenvalue weighted by molar-refractivity contribution is 5.93. The number of nitrogens with zero attached hydrogens (tertiary/aromatic N) is 1.